The number of amides is 1. The summed E-state index contributed by atoms with van der Waals surface area (Å²) in [6.07, 6.45) is -15.7. The Hall–Kier alpha value is -1.93. The minimum Gasteiger partial charge on any atom is -0.446 e. The Morgan fingerprint density at radius 1 is 1.12 bits per heavy atom. The van der Waals surface area contributed by atoms with E-state index in [1.807, 2.05) is 0 Å². The van der Waals surface area contributed by atoms with Gasteiger partial charge >= 0.3 is 18.4 Å². The number of anilines is 1. The average Bonchev–Trinajstić information content (AvgIpc) is 2.42. The molecule has 0 aliphatic carbocycles. The monoisotopic (exact) mass is 355 g/mol. The lowest BCUT2D eigenvalue weighted by Crippen LogP contribution is -2.71. The van der Waals surface area contributed by atoms with Crippen LogP contribution in [-0.2, 0) is 11.2 Å². The van der Waals surface area contributed by atoms with Crippen molar-refractivity contribution in [3.05, 3.63) is 29.8 Å². The second-order valence-electron chi connectivity index (χ2n) is 5.75. The summed E-state index contributed by atoms with van der Waals surface area (Å²) in [7, 11) is 0. The van der Waals surface area contributed by atoms with Crippen LogP contribution in [0.3, 0.4) is 0 Å². The number of fused-ring (bicyclic) bond motifs is 1. The molecular formula is C15H15F6NO2. The normalized spacial score (nSPS) is 17.6. The highest BCUT2D eigenvalue weighted by Gasteiger charge is 2.76. The van der Waals surface area contributed by atoms with E-state index in [2.05, 4.69) is 4.74 Å². The number of hydrogen-bond acceptors (Lipinski definition) is 2. The lowest BCUT2D eigenvalue weighted by atomic mass is 9.82. The van der Waals surface area contributed by atoms with E-state index in [-0.39, 0.29) is 10.5 Å². The minimum absolute atomic E-state index is 0.224. The molecule has 9 heteroatoms. The van der Waals surface area contributed by atoms with Gasteiger partial charge in [-0.25, -0.2) is 4.79 Å². The second-order valence-corrected chi connectivity index (χ2v) is 5.75. The van der Waals surface area contributed by atoms with Crippen molar-refractivity contribution in [1.82, 2.24) is 0 Å². The van der Waals surface area contributed by atoms with Crippen LogP contribution in [0.1, 0.15) is 25.8 Å². The second kappa shape index (κ2) is 5.86. The van der Waals surface area contributed by atoms with Gasteiger partial charge in [0.15, 0.2) is 0 Å². The number of halogens is 6. The summed E-state index contributed by atoms with van der Waals surface area (Å²) in [4.78, 5) is 11.9. The van der Waals surface area contributed by atoms with Gasteiger partial charge in [0, 0.05) is 0 Å². The third-order valence-electron chi connectivity index (χ3n) is 3.83. The Morgan fingerprint density at radius 3 is 2.17 bits per heavy atom. The SMILES string of the molecule is CC(C)OC(=O)N1c2ccccc2CCC1(C(F)(F)F)C(F)(F)F. The number of nitrogens with zero attached hydrogens (tertiary/aromatic N) is 1. The molecule has 0 unspecified atom stereocenters. The fourth-order valence-corrected chi connectivity index (χ4v) is 2.78. The van der Waals surface area contributed by atoms with Crippen molar-refractivity contribution in [2.45, 2.75) is 50.7 Å². The number of hydrogen-bond donors (Lipinski definition) is 0. The number of carbonyl (C=O) groups is 1. The average molecular weight is 355 g/mol. The Morgan fingerprint density at radius 2 is 1.67 bits per heavy atom. The van der Waals surface area contributed by atoms with Gasteiger partial charge in [-0.1, -0.05) is 18.2 Å². The van der Waals surface area contributed by atoms with Crippen LogP contribution in [0.4, 0.5) is 36.8 Å². The molecule has 1 amide bonds. The molecule has 0 saturated heterocycles. The van der Waals surface area contributed by atoms with E-state index < -0.39 is 48.6 Å². The van der Waals surface area contributed by atoms with E-state index in [4.69, 9.17) is 0 Å². The van der Waals surface area contributed by atoms with Crippen LogP contribution >= 0.6 is 0 Å². The van der Waals surface area contributed by atoms with Crippen LogP contribution in [0.5, 0.6) is 0 Å². The van der Waals surface area contributed by atoms with Crippen molar-refractivity contribution in [3.8, 4) is 0 Å². The van der Waals surface area contributed by atoms with Gasteiger partial charge in [-0.05, 0) is 38.3 Å². The Kier molecular flexibility index (Phi) is 4.49. The van der Waals surface area contributed by atoms with Crippen LogP contribution in [0.25, 0.3) is 0 Å². The Labute approximate surface area is 134 Å². The molecule has 134 valence electrons. The molecule has 0 saturated carbocycles. The summed E-state index contributed by atoms with van der Waals surface area (Å²) >= 11 is 0. The van der Waals surface area contributed by atoms with Crippen molar-refractivity contribution in [2.75, 3.05) is 4.90 Å². The van der Waals surface area contributed by atoms with E-state index in [1.54, 1.807) is 0 Å². The molecule has 0 atom stereocenters. The fourth-order valence-electron chi connectivity index (χ4n) is 2.78. The van der Waals surface area contributed by atoms with Gasteiger partial charge in [0.05, 0.1) is 11.8 Å². The fraction of sp³-hybridized carbons (Fsp3) is 0.533. The van der Waals surface area contributed by atoms with Crippen LogP contribution in [-0.4, -0.2) is 30.1 Å². The first kappa shape index (κ1) is 18.4. The zero-order valence-corrected chi connectivity index (χ0v) is 12.8. The van der Waals surface area contributed by atoms with E-state index in [0.29, 0.717) is 0 Å². The first-order valence-electron chi connectivity index (χ1n) is 7.14. The molecule has 0 fully saturated rings. The number of alkyl halides is 6. The summed E-state index contributed by atoms with van der Waals surface area (Å²) < 4.78 is 86.1. The van der Waals surface area contributed by atoms with Gasteiger partial charge < -0.3 is 4.74 Å². The molecular weight excluding hydrogens is 340 g/mol. The number of para-hydroxylation sites is 1. The van der Waals surface area contributed by atoms with E-state index in [9.17, 15) is 31.1 Å². The van der Waals surface area contributed by atoms with Gasteiger partial charge in [-0.3, -0.25) is 4.90 Å². The van der Waals surface area contributed by atoms with Gasteiger partial charge in [-0.2, -0.15) is 26.3 Å². The number of ether oxygens (including phenoxy) is 1. The molecule has 2 rings (SSSR count). The first-order valence-corrected chi connectivity index (χ1v) is 7.14. The summed E-state index contributed by atoms with van der Waals surface area (Å²) in [6, 6.07) is 5.21. The molecule has 24 heavy (non-hydrogen) atoms. The maximum absolute atomic E-state index is 13.6. The van der Waals surface area contributed by atoms with Crippen LogP contribution in [0, 0.1) is 0 Å². The van der Waals surface area contributed by atoms with Crippen molar-refractivity contribution in [1.29, 1.82) is 0 Å². The standard InChI is InChI=1S/C15H15F6NO2/c1-9(2)24-12(23)22-11-6-4-3-5-10(11)7-8-13(22,14(16,17)18)15(19,20)21/h3-6,9H,7-8H2,1-2H3. The molecule has 1 aromatic carbocycles. The van der Waals surface area contributed by atoms with Gasteiger partial charge in [0.2, 0.25) is 5.54 Å². The third-order valence-corrected chi connectivity index (χ3v) is 3.83. The molecule has 1 heterocycles. The molecule has 0 N–H and O–H groups in total. The maximum Gasteiger partial charge on any atom is 0.421 e. The molecule has 1 aliphatic rings. The summed E-state index contributed by atoms with van der Waals surface area (Å²) in [5, 5.41) is 0. The number of carbonyl (C=O) groups excluding carboxylic acids is 1. The summed E-state index contributed by atoms with van der Waals surface area (Å²) in [5.74, 6) is 0. The largest absolute Gasteiger partial charge is 0.446 e. The van der Waals surface area contributed by atoms with Crippen LogP contribution < -0.4 is 4.90 Å². The highest BCUT2D eigenvalue weighted by molar-refractivity contribution is 5.91. The summed E-state index contributed by atoms with van der Waals surface area (Å²) in [5.41, 5.74) is -4.54. The van der Waals surface area contributed by atoms with E-state index in [0.717, 1.165) is 6.07 Å². The van der Waals surface area contributed by atoms with Crippen molar-refractivity contribution in [2.24, 2.45) is 0 Å². The minimum atomic E-state index is -5.71. The smallest absolute Gasteiger partial charge is 0.421 e. The number of benzene rings is 1. The quantitative estimate of drug-likeness (QED) is 0.674. The lowest BCUT2D eigenvalue weighted by Gasteiger charge is -2.48. The predicted octanol–water partition coefficient (Wildman–Crippen LogP) is 4.85. The molecule has 0 radical (unpaired) electrons. The highest BCUT2D eigenvalue weighted by Crippen LogP contribution is 2.54. The highest BCUT2D eigenvalue weighted by atomic mass is 19.4. The Balaban J connectivity index is 2.72. The van der Waals surface area contributed by atoms with E-state index in [1.165, 1.54) is 32.0 Å². The van der Waals surface area contributed by atoms with Gasteiger partial charge in [-0.15, -0.1) is 0 Å². The predicted molar refractivity (Wildman–Crippen MR) is 73.7 cm³/mol. The maximum atomic E-state index is 13.6. The zero-order valence-electron chi connectivity index (χ0n) is 12.8. The van der Waals surface area contributed by atoms with Crippen LogP contribution in [0.2, 0.25) is 0 Å². The lowest BCUT2D eigenvalue weighted by molar-refractivity contribution is -0.298. The summed E-state index contributed by atoms with van der Waals surface area (Å²) in [6.45, 7) is 2.69. The van der Waals surface area contributed by atoms with Gasteiger partial charge in [0.25, 0.3) is 0 Å². The molecule has 0 spiro atoms. The Bertz CT molecular complexity index is 609. The molecule has 0 bridgehead atoms. The van der Waals surface area contributed by atoms with Gasteiger partial charge in [0.1, 0.15) is 0 Å². The first-order chi connectivity index (χ1) is 10.9. The van der Waals surface area contributed by atoms with Crippen molar-refractivity contribution >= 4 is 11.8 Å². The van der Waals surface area contributed by atoms with Crippen LogP contribution in [0.15, 0.2) is 24.3 Å². The molecule has 1 aromatic rings. The molecule has 1 aliphatic heterocycles. The number of aryl methyl sites for hydroxylation is 1. The third kappa shape index (κ3) is 2.80. The molecule has 3 nitrogen and oxygen atoms in total. The molecule has 0 aromatic heterocycles. The van der Waals surface area contributed by atoms with Crippen molar-refractivity contribution < 1.29 is 35.9 Å². The van der Waals surface area contributed by atoms with E-state index >= 15 is 0 Å². The number of rotatable bonds is 1. The topological polar surface area (TPSA) is 29.5 Å². The van der Waals surface area contributed by atoms with Crippen molar-refractivity contribution in [3.63, 3.8) is 0 Å². The zero-order chi connectivity index (χ0) is 18.3.